The zero-order chi connectivity index (χ0) is 24.1. The number of anilines is 2. The summed E-state index contributed by atoms with van der Waals surface area (Å²) < 4.78 is 10.4. The molecule has 1 aliphatic heterocycles. The number of urea groups is 1. The van der Waals surface area contributed by atoms with Crippen molar-refractivity contribution in [3.05, 3.63) is 78.6 Å². The Hall–Kier alpha value is -4.40. The maximum Gasteiger partial charge on any atom is 0.332 e. The number of carbonyl (C=O) groups is 3. The first-order valence-electron chi connectivity index (χ1n) is 10.6. The average Bonchev–Trinajstić information content (AvgIpc) is 3.09. The molecule has 0 unspecified atom stereocenters. The van der Waals surface area contributed by atoms with Crippen LogP contribution in [0.25, 0.3) is 0 Å². The van der Waals surface area contributed by atoms with Gasteiger partial charge in [0, 0.05) is 30.7 Å². The molecule has 1 aromatic heterocycles. The van der Waals surface area contributed by atoms with Crippen LogP contribution in [-0.2, 0) is 16.1 Å². The Kier molecular flexibility index (Phi) is 6.72. The molecule has 3 aromatic rings. The fourth-order valence-electron chi connectivity index (χ4n) is 3.75. The van der Waals surface area contributed by atoms with Gasteiger partial charge in [0.25, 0.3) is 5.91 Å². The summed E-state index contributed by atoms with van der Waals surface area (Å²) in [5, 5.41) is 2.78. The summed E-state index contributed by atoms with van der Waals surface area (Å²) in [5.74, 6) is 0.302. The minimum atomic E-state index is -0.975. The largest absolute Gasteiger partial charge is 0.497 e. The summed E-state index contributed by atoms with van der Waals surface area (Å²) >= 11 is 0. The molecule has 1 fully saturated rings. The Bertz CT molecular complexity index is 1180. The van der Waals surface area contributed by atoms with Gasteiger partial charge in [0.2, 0.25) is 5.91 Å². The summed E-state index contributed by atoms with van der Waals surface area (Å²) in [7, 11) is 3.06. The summed E-state index contributed by atoms with van der Waals surface area (Å²) in [6, 6.07) is 15.6. The number of nitrogens with zero attached hydrogens (tertiary/aromatic N) is 3. The standard InChI is InChI=1S/C25H24N4O5/c1-33-20-10-8-18(9-11-20)27-23(30)14-22-24(31)29(19-6-3-7-21(13-19)34-2)25(32)28(22)16-17-5-4-12-26-15-17/h3-13,15,22H,14,16H2,1-2H3,(H,27,30)/t22-/m1/s1. The number of nitrogens with one attached hydrogen (secondary N) is 1. The molecule has 9 nitrogen and oxygen atoms in total. The number of amides is 4. The number of aromatic nitrogens is 1. The lowest BCUT2D eigenvalue weighted by atomic mass is 10.1. The number of hydrogen-bond donors (Lipinski definition) is 1. The van der Waals surface area contributed by atoms with Gasteiger partial charge in [0.15, 0.2) is 0 Å². The van der Waals surface area contributed by atoms with Crippen LogP contribution in [-0.4, -0.2) is 48.0 Å². The summed E-state index contributed by atoms with van der Waals surface area (Å²) in [4.78, 5) is 46.2. The Balaban J connectivity index is 1.59. The fourth-order valence-corrected chi connectivity index (χ4v) is 3.75. The minimum Gasteiger partial charge on any atom is -0.497 e. The summed E-state index contributed by atoms with van der Waals surface area (Å²) in [5.41, 5.74) is 1.69. The molecular weight excluding hydrogens is 436 g/mol. The average molecular weight is 460 g/mol. The Morgan fingerprint density at radius 3 is 2.44 bits per heavy atom. The lowest BCUT2D eigenvalue weighted by Crippen LogP contribution is -2.37. The van der Waals surface area contributed by atoms with E-state index in [0.29, 0.717) is 22.9 Å². The second kappa shape index (κ2) is 10.0. The van der Waals surface area contributed by atoms with Crippen molar-refractivity contribution in [2.45, 2.75) is 19.0 Å². The van der Waals surface area contributed by atoms with Gasteiger partial charge in [-0.2, -0.15) is 0 Å². The van der Waals surface area contributed by atoms with E-state index in [1.54, 1.807) is 74.1 Å². The first kappa shape index (κ1) is 22.8. The zero-order valence-electron chi connectivity index (χ0n) is 18.8. The second-order valence-electron chi connectivity index (χ2n) is 7.64. The first-order chi connectivity index (χ1) is 16.5. The van der Waals surface area contributed by atoms with Crippen LogP contribution >= 0.6 is 0 Å². The SMILES string of the molecule is COc1ccc(NC(=O)C[C@@H]2C(=O)N(c3cccc(OC)c3)C(=O)N2Cc2cccnc2)cc1. The Morgan fingerprint density at radius 1 is 1.00 bits per heavy atom. The molecule has 174 valence electrons. The van der Waals surface area contributed by atoms with Crippen molar-refractivity contribution >= 4 is 29.2 Å². The minimum absolute atomic E-state index is 0.138. The van der Waals surface area contributed by atoms with E-state index in [4.69, 9.17) is 9.47 Å². The zero-order valence-corrected chi connectivity index (χ0v) is 18.8. The predicted octanol–water partition coefficient (Wildman–Crippen LogP) is 3.47. The van der Waals surface area contributed by atoms with Crippen molar-refractivity contribution in [1.29, 1.82) is 0 Å². The van der Waals surface area contributed by atoms with E-state index < -0.39 is 18.0 Å². The molecule has 1 aliphatic rings. The normalized spacial score (nSPS) is 15.4. The number of ether oxygens (including phenoxy) is 2. The van der Waals surface area contributed by atoms with Crippen LogP contribution in [0.5, 0.6) is 11.5 Å². The lowest BCUT2D eigenvalue weighted by Gasteiger charge is -2.21. The maximum absolute atomic E-state index is 13.4. The molecule has 1 N–H and O–H groups in total. The van der Waals surface area contributed by atoms with Crippen LogP contribution < -0.4 is 19.7 Å². The first-order valence-corrected chi connectivity index (χ1v) is 10.6. The van der Waals surface area contributed by atoms with E-state index in [9.17, 15) is 14.4 Å². The molecule has 2 aromatic carbocycles. The number of carbonyl (C=O) groups excluding carboxylic acids is 3. The number of hydrogen-bond acceptors (Lipinski definition) is 6. The molecule has 9 heteroatoms. The number of pyridine rings is 1. The highest BCUT2D eigenvalue weighted by Gasteiger charge is 2.46. The molecule has 0 bridgehead atoms. The second-order valence-corrected chi connectivity index (χ2v) is 7.64. The molecule has 34 heavy (non-hydrogen) atoms. The fraction of sp³-hybridized carbons (Fsp3) is 0.200. The highest BCUT2D eigenvalue weighted by atomic mass is 16.5. The van der Waals surface area contributed by atoms with Crippen molar-refractivity contribution in [2.24, 2.45) is 0 Å². The van der Waals surface area contributed by atoms with Crippen molar-refractivity contribution < 1.29 is 23.9 Å². The molecule has 2 heterocycles. The van der Waals surface area contributed by atoms with Gasteiger partial charge in [-0.25, -0.2) is 9.69 Å². The smallest absolute Gasteiger partial charge is 0.332 e. The van der Waals surface area contributed by atoms with Crippen molar-refractivity contribution in [3.8, 4) is 11.5 Å². The van der Waals surface area contributed by atoms with Crippen LogP contribution in [0.1, 0.15) is 12.0 Å². The van der Waals surface area contributed by atoms with Gasteiger partial charge in [0.05, 0.1) is 26.3 Å². The van der Waals surface area contributed by atoms with Crippen LogP contribution in [0, 0.1) is 0 Å². The molecule has 0 spiro atoms. The van der Waals surface area contributed by atoms with E-state index >= 15 is 0 Å². The van der Waals surface area contributed by atoms with E-state index in [1.165, 1.54) is 12.0 Å². The predicted molar refractivity (Wildman–Crippen MR) is 126 cm³/mol. The molecule has 1 atom stereocenters. The molecule has 0 saturated carbocycles. The third-order valence-corrected chi connectivity index (χ3v) is 5.46. The van der Waals surface area contributed by atoms with E-state index in [0.717, 1.165) is 10.5 Å². The van der Waals surface area contributed by atoms with Crippen molar-refractivity contribution in [3.63, 3.8) is 0 Å². The van der Waals surface area contributed by atoms with Gasteiger partial charge in [-0.05, 0) is 48.0 Å². The van der Waals surface area contributed by atoms with Gasteiger partial charge in [0.1, 0.15) is 17.5 Å². The molecule has 0 radical (unpaired) electrons. The van der Waals surface area contributed by atoms with Crippen molar-refractivity contribution in [2.75, 3.05) is 24.4 Å². The van der Waals surface area contributed by atoms with Gasteiger partial charge >= 0.3 is 6.03 Å². The number of methoxy groups -OCH3 is 2. The van der Waals surface area contributed by atoms with Crippen molar-refractivity contribution in [1.82, 2.24) is 9.88 Å². The topological polar surface area (TPSA) is 101 Å². The van der Waals surface area contributed by atoms with E-state index in [1.807, 2.05) is 6.07 Å². The van der Waals surface area contributed by atoms with Crippen LogP contribution in [0.4, 0.5) is 16.2 Å². The van der Waals surface area contributed by atoms with Gasteiger partial charge in [-0.15, -0.1) is 0 Å². The molecular formula is C25H24N4O5. The Morgan fingerprint density at radius 2 is 1.76 bits per heavy atom. The number of rotatable bonds is 8. The van der Waals surface area contributed by atoms with Gasteiger partial charge in [-0.3, -0.25) is 14.6 Å². The third kappa shape index (κ3) is 4.83. The Labute approximate surface area is 196 Å². The maximum atomic E-state index is 13.4. The number of benzene rings is 2. The molecule has 4 rings (SSSR count). The van der Waals surface area contributed by atoms with E-state index in [2.05, 4.69) is 10.3 Å². The highest BCUT2D eigenvalue weighted by molar-refractivity contribution is 6.22. The van der Waals surface area contributed by atoms with Crippen LogP contribution in [0.2, 0.25) is 0 Å². The van der Waals surface area contributed by atoms with E-state index in [-0.39, 0.29) is 18.9 Å². The van der Waals surface area contributed by atoms with Gasteiger partial charge in [-0.1, -0.05) is 12.1 Å². The lowest BCUT2D eigenvalue weighted by molar-refractivity contribution is -0.124. The summed E-state index contributed by atoms with van der Waals surface area (Å²) in [6.45, 7) is 0.138. The monoisotopic (exact) mass is 460 g/mol. The molecule has 1 saturated heterocycles. The molecule has 0 aliphatic carbocycles. The van der Waals surface area contributed by atoms with Gasteiger partial charge < -0.3 is 19.7 Å². The number of imide groups is 1. The summed E-state index contributed by atoms with van der Waals surface area (Å²) in [6.07, 6.45) is 3.06. The van der Waals surface area contributed by atoms with Crippen LogP contribution in [0.15, 0.2) is 73.1 Å². The third-order valence-electron chi connectivity index (χ3n) is 5.46. The quantitative estimate of drug-likeness (QED) is 0.517. The highest BCUT2D eigenvalue weighted by Crippen LogP contribution is 2.30. The van der Waals surface area contributed by atoms with Crippen LogP contribution in [0.3, 0.4) is 0 Å². The molecule has 4 amide bonds.